The van der Waals surface area contributed by atoms with Gasteiger partial charge in [0.25, 0.3) is 5.91 Å². The summed E-state index contributed by atoms with van der Waals surface area (Å²) in [7, 11) is 0. The molecule has 3 rings (SSSR count). The van der Waals surface area contributed by atoms with Gasteiger partial charge in [0.15, 0.2) is 0 Å². The fourth-order valence-electron chi connectivity index (χ4n) is 2.70. The van der Waals surface area contributed by atoms with E-state index < -0.39 is 18.0 Å². The molecule has 0 bridgehead atoms. The average molecular weight is 320 g/mol. The van der Waals surface area contributed by atoms with Gasteiger partial charge in [-0.05, 0) is 26.0 Å². The fourth-order valence-corrected chi connectivity index (χ4v) is 2.70. The first kappa shape index (κ1) is 15.5. The molecule has 1 aromatic heterocycles. The molecule has 6 nitrogen and oxygen atoms in total. The van der Waals surface area contributed by atoms with Gasteiger partial charge in [0.2, 0.25) is 0 Å². The van der Waals surface area contributed by atoms with Crippen LogP contribution in [-0.4, -0.2) is 46.4 Å². The third kappa shape index (κ3) is 3.05. The van der Waals surface area contributed by atoms with Crippen molar-refractivity contribution in [2.75, 3.05) is 13.1 Å². The van der Waals surface area contributed by atoms with Crippen molar-refractivity contribution in [3.05, 3.63) is 47.1 Å². The number of β-amino-alcohol motifs (C(OH)–C–C–N with tert-alkyl or cyclic N) is 1. The Morgan fingerprint density at radius 1 is 1.43 bits per heavy atom. The highest BCUT2D eigenvalue weighted by Gasteiger charge is 2.37. The van der Waals surface area contributed by atoms with Crippen molar-refractivity contribution < 1.29 is 23.6 Å². The van der Waals surface area contributed by atoms with Crippen molar-refractivity contribution in [3.8, 4) is 5.75 Å². The molecular formula is C16H17FN2O4. The lowest BCUT2D eigenvalue weighted by Crippen LogP contribution is -2.31. The number of likely N-dealkylation sites (tertiary alicyclic amines) is 1. The number of benzene rings is 1. The Bertz CT molecular complexity index is 711. The van der Waals surface area contributed by atoms with E-state index in [1.807, 2.05) is 0 Å². The number of aromatic nitrogens is 1. The van der Waals surface area contributed by atoms with E-state index in [-0.39, 0.29) is 19.0 Å². The van der Waals surface area contributed by atoms with Gasteiger partial charge in [-0.25, -0.2) is 4.39 Å². The minimum Gasteiger partial charge on any atom is -0.486 e. The lowest BCUT2D eigenvalue weighted by Gasteiger charge is -2.17. The minimum atomic E-state index is -0.845. The molecule has 0 spiro atoms. The van der Waals surface area contributed by atoms with Crippen LogP contribution in [0.4, 0.5) is 4.39 Å². The van der Waals surface area contributed by atoms with Crippen LogP contribution in [0.3, 0.4) is 0 Å². The second-order valence-corrected chi connectivity index (χ2v) is 5.59. The molecular weight excluding hydrogens is 303 g/mol. The summed E-state index contributed by atoms with van der Waals surface area (Å²) in [4.78, 5) is 14.0. The number of amides is 1. The van der Waals surface area contributed by atoms with Crippen LogP contribution in [0, 0.1) is 19.7 Å². The third-order valence-corrected chi connectivity index (χ3v) is 3.85. The molecule has 0 unspecified atom stereocenters. The van der Waals surface area contributed by atoms with Gasteiger partial charge in [-0.2, -0.15) is 0 Å². The van der Waals surface area contributed by atoms with Gasteiger partial charge in [0, 0.05) is 6.07 Å². The van der Waals surface area contributed by atoms with Crippen LogP contribution < -0.4 is 4.74 Å². The van der Waals surface area contributed by atoms with Crippen LogP contribution in [0.5, 0.6) is 5.75 Å². The topological polar surface area (TPSA) is 75.8 Å². The maximum Gasteiger partial charge on any atom is 0.259 e. The Morgan fingerprint density at radius 2 is 2.22 bits per heavy atom. The predicted molar refractivity (Wildman–Crippen MR) is 78.7 cm³/mol. The summed E-state index contributed by atoms with van der Waals surface area (Å²) in [6.45, 7) is 3.71. The van der Waals surface area contributed by atoms with E-state index in [0.29, 0.717) is 22.8 Å². The van der Waals surface area contributed by atoms with Gasteiger partial charge in [-0.3, -0.25) is 4.79 Å². The Kier molecular flexibility index (Phi) is 4.04. The zero-order valence-corrected chi connectivity index (χ0v) is 12.8. The molecule has 7 heteroatoms. The normalized spacial score (nSPS) is 20.8. The summed E-state index contributed by atoms with van der Waals surface area (Å²) in [5.74, 6) is 0.0847. The zero-order valence-electron chi connectivity index (χ0n) is 12.8. The average Bonchev–Trinajstić information content (AvgIpc) is 3.02. The molecule has 0 aliphatic carbocycles. The summed E-state index contributed by atoms with van der Waals surface area (Å²) in [5.41, 5.74) is 0.917. The molecule has 1 amide bonds. The molecule has 23 heavy (non-hydrogen) atoms. The Balaban J connectivity index is 1.72. The highest BCUT2D eigenvalue weighted by atomic mass is 19.1. The molecule has 1 aliphatic rings. The maximum atomic E-state index is 13.2. The monoisotopic (exact) mass is 320 g/mol. The number of hydrogen-bond acceptors (Lipinski definition) is 5. The van der Waals surface area contributed by atoms with E-state index >= 15 is 0 Å². The van der Waals surface area contributed by atoms with Crippen LogP contribution in [0.25, 0.3) is 0 Å². The zero-order chi connectivity index (χ0) is 16.6. The van der Waals surface area contributed by atoms with Crippen LogP contribution in [0.2, 0.25) is 0 Å². The number of ether oxygens (including phenoxy) is 1. The van der Waals surface area contributed by atoms with E-state index in [2.05, 4.69) is 5.16 Å². The lowest BCUT2D eigenvalue weighted by atomic mass is 10.2. The van der Waals surface area contributed by atoms with Gasteiger partial charge in [0.05, 0.1) is 18.8 Å². The van der Waals surface area contributed by atoms with E-state index in [9.17, 15) is 14.3 Å². The first-order valence-corrected chi connectivity index (χ1v) is 7.28. The van der Waals surface area contributed by atoms with Gasteiger partial charge < -0.3 is 19.3 Å². The SMILES string of the molecule is Cc1noc(C)c1C(=O)N1C[C@@H](O)[C@H](Oc2cccc(F)c2)C1. The number of hydrogen-bond donors (Lipinski definition) is 1. The summed E-state index contributed by atoms with van der Waals surface area (Å²) in [6.07, 6.45) is -1.45. The summed E-state index contributed by atoms with van der Waals surface area (Å²) in [6, 6.07) is 5.68. The standard InChI is InChI=1S/C16H17FN2O4/c1-9-15(10(2)23-18-9)16(21)19-7-13(20)14(8-19)22-12-5-3-4-11(17)6-12/h3-6,13-14,20H,7-8H2,1-2H3/t13-,14-/m1/s1. The number of carbonyl (C=O) groups excluding carboxylic acids is 1. The van der Waals surface area contributed by atoms with Gasteiger partial charge >= 0.3 is 0 Å². The van der Waals surface area contributed by atoms with Crippen LogP contribution in [0.1, 0.15) is 21.8 Å². The van der Waals surface area contributed by atoms with Crippen LogP contribution in [-0.2, 0) is 0 Å². The fraction of sp³-hybridized carbons (Fsp3) is 0.375. The van der Waals surface area contributed by atoms with Crippen molar-refractivity contribution in [2.45, 2.75) is 26.1 Å². The first-order valence-electron chi connectivity index (χ1n) is 7.28. The van der Waals surface area contributed by atoms with Crippen molar-refractivity contribution >= 4 is 5.91 Å². The van der Waals surface area contributed by atoms with Crippen molar-refractivity contribution in [2.24, 2.45) is 0 Å². The molecule has 0 radical (unpaired) electrons. The Labute approximate surface area is 132 Å². The molecule has 1 aliphatic heterocycles. The predicted octanol–water partition coefficient (Wildman–Crippen LogP) is 1.69. The quantitative estimate of drug-likeness (QED) is 0.931. The number of aliphatic hydroxyl groups excluding tert-OH is 1. The number of nitrogens with zero attached hydrogens (tertiary/aromatic N) is 2. The summed E-state index contributed by atoms with van der Waals surface area (Å²) >= 11 is 0. The third-order valence-electron chi connectivity index (χ3n) is 3.85. The Morgan fingerprint density at radius 3 is 2.87 bits per heavy atom. The maximum absolute atomic E-state index is 13.2. The van der Waals surface area contributed by atoms with E-state index in [1.54, 1.807) is 19.9 Å². The largest absolute Gasteiger partial charge is 0.486 e. The van der Waals surface area contributed by atoms with Gasteiger partial charge in [0.1, 0.15) is 35.1 Å². The number of aliphatic hydroxyl groups is 1. The molecule has 1 aromatic carbocycles. The van der Waals surface area contributed by atoms with Crippen LogP contribution in [0.15, 0.2) is 28.8 Å². The summed E-state index contributed by atoms with van der Waals surface area (Å²) < 4.78 is 23.8. The minimum absolute atomic E-state index is 0.142. The second kappa shape index (κ2) is 6.00. The number of aryl methyl sites for hydroxylation is 2. The number of halogens is 1. The smallest absolute Gasteiger partial charge is 0.259 e. The highest BCUT2D eigenvalue weighted by Crippen LogP contribution is 2.23. The molecule has 2 heterocycles. The Hall–Kier alpha value is -2.41. The highest BCUT2D eigenvalue weighted by molar-refractivity contribution is 5.96. The van der Waals surface area contributed by atoms with Crippen molar-refractivity contribution in [1.29, 1.82) is 0 Å². The van der Waals surface area contributed by atoms with E-state index in [1.165, 1.54) is 23.1 Å². The molecule has 122 valence electrons. The van der Waals surface area contributed by atoms with Crippen LogP contribution >= 0.6 is 0 Å². The molecule has 1 fully saturated rings. The molecule has 2 atom stereocenters. The van der Waals surface area contributed by atoms with Gasteiger partial charge in [-0.15, -0.1) is 0 Å². The molecule has 1 saturated heterocycles. The van der Waals surface area contributed by atoms with Crippen molar-refractivity contribution in [3.63, 3.8) is 0 Å². The molecule has 1 N–H and O–H groups in total. The van der Waals surface area contributed by atoms with Gasteiger partial charge in [-0.1, -0.05) is 11.2 Å². The number of carbonyl (C=O) groups is 1. The second-order valence-electron chi connectivity index (χ2n) is 5.59. The molecule has 0 saturated carbocycles. The van der Waals surface area contributed by atoms with E-state index in [4.69, 9.17) is 9.26 Å². The summed E-state index contributed by atoms with van der Waals surface area (Å²) in [5, 5.41) is 13.9. The van der Waals surface area contributed by atoms with E-state index in [0.717, 1.165) is 0 Å². The van der Waals surface area contributed by atoms with Crippen molar-refractivity contribution in [1.82, 2.24) is 10.1 Å². The first-order chi connectivity index (χ1) is 11.0. The number of rotatable bonds is 3. The molecule has 2 aromatic rings. The lowest BCUT2D eigenvalue weighted by molar-refractivity contribution is 0.0727.